The van der Waals surface area contributed by atoms with Crippen LogP contribution in [0, 0.1) is 0 Å². The number of rotatable bonds is 6. The molecule has 20 heavy (non-hydrogen) atoms. The van der Waals surface area contributed by atoms with E-state index in [1.54, 1.807) is 19.4 Å². The highest BCUT2D eigenvalue weighted by Crippen LogP contribution is 2.09. The fourth-order valence-corrected chi connectivity index (χ4v) is 1.84. The first-order chi connectivity index (χ1) is 9.79. The summed E-state index contributed by atoms with van der Waals surface area (Å²) < 4.78 is 10.3. The van der Waals surface area contributed by atoms with Crippen LogP contribution in [0.3, 0.4) is 0 Å². The van der Waals surface area contributed by atoms with Crippen LogP contribution < -0.4 is 10.6 Å². The van der Waals surface area contributed by atoms with Crippen LogP contribution in [0.5, 0.6) is 0 Å². The van der Waals surface area contributed by atoms with Crippen LogP contribution in [0.1, 0.15) is 16.9 Å². The third-order valence-electron chi connectivity index (χ3n) is 2.86. The van der Waals surface area contributed by atoms with Gasteiger partial charge in [-0.3, -0.25) is 0 Å². The summed E-state index contributed by atoms with van der Waals surface area (Å²) in [6, 6.07) is 11.2. The van der Waals surface area contributed by atoms with E-state index >= 15 is 0 Å². The number of methoxy groups -OCH3 is 1. The third-order valence-corrected chi connectivity index (χ3v) is 2.86. The maximum Gasteiger partial charge on any atom is 0.315 e. The maximum absolute atomic E-state index is 11.7. The number of nitrogens with one attached hydrogen (secondary N) is 2. The molecule has 0 saturated carbocycles. The van der Waals surface area contributed by atoms with Crippen LogP contribution in [0.25, 0.3) is 0 Å². The third kappa shape index (κ3) is 4.13. The summed E-state index contributed by atoms with van der Waals surface area (Å²) in [4.78, 5) is 11.7. The van der Waals surface area contributed by atoms with Crippen molar-refractivity contribution in [3.8, 4) is 0 Å². The average molecular weight is 274 g/mol. The number of carbonyl (C=O) groups excluding carboxylic acids is 1. The van der Waals surface area contributed by atoms with Gasteiger partial charge in [0.15, 0.2) is 0 Å². The second-order valence-corrected chi connectivity index (χ2v) is 4.32. The first-order valence-corrected chi connectivity index (χ1v) is 6.39. The molecule has 0 fully saturated rings. The monoisotopic (exact) mass is 274 g/mol. The minimum absolute atomic E-state index is 0.228. The fraction of sp³-hybridized carbons (Fsp3) is 0.267. The Balaban J connectivity index is 1.81. The van der Waals surface area contributed by atoms with Crippen molar-refractivity contribution in [1.29, 1.82) is 0 Å². The molecule has 5 nitrogen and oxygen atoms in total. The number of carbonyl (C=O) groups is 1. The lowest BCUT2D eigenvalue weighted by atomic mass is 10.1. The lowest BCUT2D eigenvalue weighted by Crippen LogP contribution is -2.34. The van der Waals surface area contributed by atoms with Gasteiger partial charge in [0.05, 0.1) is 19.4 Å². The summed E-state index contributed by atoms with van der Waals surface area (Å²) >= 11 is 0. The molecule has 0 saturated heterocycles. The molecule has 0 bridgehead atoms. The molecule has 0 spiro atoms. The zero-order valence-electron chi connectivity index (χ0n) is 11.4. The maximum atomic E-state index is 11.7. The van der Waals surface area contributed by atoms with Crippen molar-refractivity contribution >= 4 is 6.03 Å². The molecule has 0 aliphatic heterocycles. The Bertz CT molecular complexity index is 538. The van der Waals surface area contributed by atoms with Gasteiger partial charge in [0.25, 0.3) is 0 Å². The van der Waals surface area contributed by atoms with Crippen molar-refractivity contribution in [3.63, 3.8) is 0 Å². The topological polar surface area (TPSA) is 63.5 Å². The Morgan fingerprint density at radius 3 is 2.55 bits per heavy atom. The van der Waals surface area contributed by atoms with Crippen LogP contribution in [0.15, 0.2) is 47.1 Å². The van der Waals surface area contributed by atoms with Gasteiger partial charge in [-0.05, 0) is 23.3 Å². The Morgan fingerprint density at radius 1 is 1.10 bits per heavy atom. The molecular formula is C15H18N2O3. The molecule has 0 atom stereocenters. The van der Waals surface area contributed by atoms with Crippen molar-refractivity contribution in [3.05, 3.63) is 59.5 Å². The first kappa shape index (κ1) is 14.1. The Morgan fingerprint density at radius 2 is 1.85 bits per heavy atom. The SMILES string of the molecule is COCc1ccccc1CNC(=O)NCc1ccco1. The van der Waals surface area contributed by atoms with Gasteiger partial charge in [-0.1, -0.05) is 24.3 Å². The smallest absolute Gasteiger partial charge is 0.315 e. The van der Waals surface area contributed by atoms with E-state index in [-0.39, 0.29) is 6.03 Å². The minimum atomic E-state index is -0.228. The number of hydrogen-bond donors (Lipinski definition) is 2. The lowest BCUT2D eigenvalue weighted by molar-refractivity contribution is 0.184. The molecule has 0 aliphatic carbocycles. The zero-order chi connectivity index (χ0) is 14.2. The number of urea groups is 1. The van der Waals surface area contributed by atoms with E-state index < -0.39 is 0 Å². The Hall–Kier alpha value is -2.27. The van der Waals surface area contributed by atoms with Gasteiger partial charge in [-0.25, -0.2) is 4.79 Å². The van der Waals surface area contributed by atoms with Crippen LogP contribution in [0.4, 0.5) is 4.79 Å². The summed E-state index contributed by atoms with van der Waals surface area (Å²) in [6.45, 7) is 1.37. The number of hydrogen-bond acceptors (Lipinski definition) is 3. The number of benzene rings is 1. The van der Waals surface area contributed by atoms with E-state index in [0.717, 1.165) is 16.9 Å². The highest BCUT2D eigenvalue weighted by Gasteiger charge is 2.05. The second-order valence-electron chi connectivity index (χ2n) is 4.32. The molecule has 2 aromatic rings. The lowest BCUT2D eigenvalue weighted by Gasteiger charge is -2.10. The number of furan rings is 1. The van der Waals surface area contributed by atoms with E-state index in [9.17, 15) is 4.79 Å². The number of amides is 2. The summed E-state index contributed by atoms with van der Waals surface area (Å²) in [6.07, 6.45) is 1.58. The summed E-state index contributed by atoms with van der Waals surface area (Å²) in [7, 11) is 1.65. The molecule has 0 aliphatic rings. The molecule has 106 valence electrons. The molecule has 1 heterocycles. The first-order valence-electron chi connectivity index (χ1n) is 6.39. The molecule has 2 N–H and O–H groups in total. The van der Waals surface area contributed by atoms with Crippen LogP contribution >= 0.6 is 0 Å². The van der Waals surface area contributed by atoms with Gasteiger partial charge < -0.3 is 19.8 Å². The van der Waals surface area contributed by atoms with Crippen molar-refractivity contribution < 1.29 is 13.9 Å². The normalized spacial score (nSPS) is 10.2. The van der Waals surface area contributed by atoms with Gasteiger partial charge in [0.1, 0.15) is 5.76 Å². The molecule has 1 aromatic carbocycles. The quantitative estimate of drug-likeness (QED) is 0.850. The number of ether oxygens (including phenoxy) is 1. The van der Waals surface area contributed by atoms with Gasteiger partial charge in [-0.2, -0.15) is 0 Å². The molecule has 2 rings (SSSR count). The molecule has 5 heteroatoms. The second kappa shape index (κ2) is 7.35. The van der Waals surface area contributed by atoms with Gasteiger partial charge in [-0.15, -0.1) is 0 Å². The van der Waals surface area contributed by atoms with E-state index in [4.69, 9.17) is 9.15 Å². The van der Waals surface area contributed by atoms with Crippen LogP contribution in [-0.2, 0) is 24.4 Å². The van der Waals surface area contributed by atoms with Gasteiger partial charge in [0.2, 0.25) is 0 Å². The van der Waals surface area contributed by atoms with Gasteiger partial charge in [0, 0.05) is 13.7 Å². The van der Waals surface area contributed by atoms with Crippen molar-refractivity contribution in [2.45, 2.75) is 19.7 Å². The highest BCUT2D eigenvalue weighted by atomic mass is 16.5. The largest absolute Gasteiger partial charge is 0.467 e. The van der Waals surface area contributed by atoms with Crippen molar-refractivity contribution in [2.24, 2.45) is 0 Å². The summed E-state index contributed by atoms with van der Waals surface area (Å²) in [5, 5.41) is 5.54. The molecule has 0 radical (unpaired) electrons. The minimum Gasteiger partial charge on any atom is -0.467 e. The molecular weight excluding hydrogens is 256 g/mol. The van der Waals surface area contributed by atoms with Crippen molar-refractivity contribution in [1.82, 2.24) is 10.6 Å². The van der Waals surface area contributed by atoms with Crippen molar-refractivity contribution in [2.75, 3.05) is 7.11 Å². The Labute approximate surface area is 117 Å². The van der Waals surface area contributed by atoms with E-state index in [1.165, 1.54) is 0 Å². The highest BCUT2D eigenvalue weighted by molar-refractivity contribution is 5.73. The van der Waals surface area contributed by atoms with Crippen LogP contribution in [-0.4, -0.2) is 13.1 Å². The molecule has 1 aromatic heterocycles. The fourth-order valence-electron chi connectivity index (χ4n) is 1.84. The van der Waals surface area contributed by atoms with Gasteiger partial charge >= 0.3 is 6.03 Å². The van der Waals surface area contributed by atoms with E-state index in [2.05, 4.69) is 10.6 Å². The van der Waals surface area contributed by atoms with Crippen LogP contribution in [0.2, 0.25) is 0 Å². The summed E-state index contributed by atoms with van der Waals surface area (Å²) in [5.74, 6) is 0.722. The Kier molecular flexibility index (Phi) is 5.20. The molecule has 2 amide bonds. The average Bonchev–Trinajstić information content (AvgIpc) is 2.98. The molecule has 0 unspecified atom stereocenters. The van der Waals surface area contributed by atoms with E-state index in [0.29, 0.717) is 19.7 Å². The van der Waals surface area contributed by atoms with E-state index in [1.807, 2.05) is 30.3 Å². The zero-order valence-corrected chi connectivity index (χ0v) is 11.4. The standard InChI is InChI=1S/C15H18N2O3/c1-19-11-13-6-3-2-5-12(13)9-16-15(18)17-10-14-7-4-8-20-14/h2-8H,9-11H2,1H3,(H2,16,17,18). The predicted octanol–water partition coefficient (Wildman–Crippen LogP) is 2.43. The predicted molar refractivity (Wildman–Crippen MR) is 74.9 cm³/mol. The summed E-state index contributed by atoms with van der Waals surface area (Å²) in [5.41, 5.74) is 2.11.